The lowest BCUT2D eigenvalue weighted by molar-refractivity contribution is 0.579. The Morgan fingerprint density at radius 1 is 0.857 bits per heavy atom. The molecule has 3 rings (SSSR count). The van der Waals surface area contributed by atoms with Crippen LogP contribution in [0.5, 0.6) is 0 Å². The maximum Gasteiger partial charge on any atom is 0.0225 e. The van der Waals surface area contributed by atoms with E-state index in [0.717, 1.165) is 0 Å². The van der Waals surface area contributed by atoms with E-state index in [4.69, 9.17) is 0 Å². The van der Waals surface area contributed by atoms with E-state index in [9.17, 15) is 0 Å². The van der Waals surface area contributed by atoms with E-state index in [-0.39, 0.29) is 0 Å². The summed E-state index contributed by atoms with van der Waals surface area (Å²) in [5.74, 6) is 0. The molecule has 0 aromatic carbocycles. The lowest BCUT2D eigenvalue weighted by Gasteiger charge is -2.15. The molecule has 0 atom stereocenters. The maximum absolute atomic E-state index is 2.64. The maximum atomic E-state index is 2.64. The van der Waals surface area contributed by atoms with Crippen LogP contribution >= 0.6 is 0 Å². The van der Waals surface area contributed by atoms with E-state index < -0.39 is 0 Å². The Morgan fingerprint density at radius 2 is 1.71 bits per heavy atom. The Bertz CT molecular complexity index is 335. The second kappa shape index (κ2) is 3.45. The first-order chi connectivity index (χ1) is 6.95. The average Bonchev–Trinajstić information content (AvgIpc) is 2.42. The summed E-state index contributed by atoms with van der Waals surface area (Å²) in [5.41, 5.74) is 5.00. The molecule has 2 aliphatic rings. The Labute approximate surface area is 86.1 Å². The van der Waals surface area contributed by atoms with Crippen molar-refractivity contribution in [3.05, 3.63) is 23.0 Å². The highest BCUT2D eigenvalue weighted by Crippen LogP contribution is 2.28. The molecule has 0 saturated carbocycles. The van der Waals surface area contributed by atoms with Crippen molar-refractivity contribution in [1.29, 1.82) is 0 Å². The fourth-order valence-corrected chi connectivity index (χ4v) is 3.07. The molecule has 14 heavy (non-hydrogen) atoms. The molecular formula is C13H19N. The van der Waals surface area contributed by atoms with Gasteiger partial charge >= 0.3 is 0 Å². The van der Waals surface area contributed by atoms with E-state index >= 15 is 0 Å². The van der Waals surface area contributed by atoms with Crippen LogP contribution in [0.2, 0.25) is 0 Å². The van der Waals surface area contributed by atoms with Crippen LogP contribution in [0.3, 0.4) is 0 Å². The van der Waals surface area contributed by atoms with Crippen LogP contribution in [-0.4, -0.2) is 4.57 Å². The van der Waals surface area contributed by atoms with Crippen molar-refractivity contribution in [1.82, 2.24) is 4.57 Å². The summed E-state index contributed by atoms with van der Waals surface area (Å²) in [6.45, 7) is 1.30. The minimum absolute atomic E-state index is 1.30. The van der Waals surface area contributed by atoms with Gasteiger partial charge in [-0.2, -0.15) is 0 Å². The van der Waals surface area contributed by atoms with Crippen molar-refractivity contribution >= 4 is 0 Å². The standard InChI is InChI=1S/C13H19N/c1-2-7-12-10-11-6-3-4-8-13(11)14(12)9-5-1/h10H,1-9H2. The monoisotopic (exact) mass is 189 g/mol. The number of hydrogen-bond donors (Lipinski definition) is 0. The lowest BCUT2D eigenvalue weighted by atomic mass is 9.98. The van der Waals surface area contributed by atoms with Crippen molar-refractivity contribution in [2.75, 3.05) is 0 Å². The van der Waals surface area contributed by atoms with E-state index in [0.29, 0.717) is 0 Å². The van der Waals surface area contributed by atoms with Crippen LogP contribution in [0.4, 0.5) is 0 Å². The SMILES string of the molecule is c1c2c(n3c1CCCCC3)CCCC2. The first kappa shape index (κ1) is 8.58. The quantitative estimate of drug-likeness (QED) is 0.591. The number of nitrogens with zero attached hydrogens (tertiary/aromatic N) is 1. The van der Waals surface area contributed by atoms with Gasteiger partial charge in [-0.25, -0.2) is 0 Å². The third-order valence-electron chi connectivity index (χ3n) is 3.81. The zero-order chi connectivity index (χ0) is 9.38. The average molecular weight is 189 g/mol. The fraction of sp³-hybridized carbons (Fsp3) is 0.692. The lowest BCUT2D eigenvalue weighted by Crippen LogP contribution is -2.09. The van der Waals surface area contributed by atoms with E-state index in [1.54, 1.807) is 17.0 Å². The first-order valence-corrected chi connectivity index (χ1v) is 6.15. The molecule has 2 heterocycles. The summed E-state index contributed by atoms with van der Waals surface area (Å²) in [4.78, 5) is 0. The van der Waals surface area contributed by atoms with E-state index in [2.05, 4.69) is 10.6 Å². The van der Waals surface area contributed by atoms with Crippen LogP contribution in [-0.2, 0) is 25.8 Å². The molecule has 0 fully saturated rings. The molecule has 1 aliphatic heterocycles. The summed E-state index contributed by atoms with van der Waals surface area (Å²) in [6, 6.07) is 2.50. The topological polar surface area (TPSA) is 4.93 Å². The third-order valence-corrected chi connectivity index (χ3v) is 3.81. The van der Waals surface area contributed by atoms with Gasteiger partial charge in [-0.05, 0) is 56.6 Å². The second-order valence-corrected chi connectivity index (χ2v) is 4.78. The summed E-state index contributed by atoms with van der Waals surface area (Å²) in [7, 11) is 0. The summed E-state index contributed by atoms with van der Waals surface area (Å²) >= 11 is 0. The molecule has 0 radical (unpaired) electrons. The smallest absolute Gasteiger partial charge is 0.0225 e. The molecule has 0 saturated heterocycles. The van der Waals surface area contributed by atoms with Gasteiger partial charge in [0, 0.05) is 17.9 Å². The third kappa shape index (κ3) is 1.30. The van der Waals surface area contributed by atoms with Crippen molar-refractivity contribution in [3.8, 4) is 0 Å². The molecule has 1 heteroatoms. The zero-order valence-corrected chi connectivity index (χ0v) is 8.89. The Balaban J connectivity index is 2.04. The molecule has 76 valence electrons. The van der Waals surface area contributed by atoms with Gasteiger partial charge in [-0.3, -0.25) is 0 Å². The Kier molecular flexibility index (Phi) is 2.11. The normalized spacial score (nSPS) is 21.1. The Hall–Kier alpha value is -0.720. The molecule has 1 nitrogen and oxygen atoms in total. The van der Waals surface area contributed by atoms with Gasteiger partial charge in [0.05, 0.1) is 0 Å². The van der Waals surface area contributed by atoms with Crippen molar-refractivity contribution in [2.24, 2.45) is 0 Å². The van der Waals surface area contributed by atoms with Crippen LogP contribution in [0.1, 0.15) is 49.1 Å². The van der Waals surface area contributed by atoms with Gasteiger partial charge < -0.3 is 4.57 Å². The number of hydrogen-bond acceptors (Lipinski definition) is 0. The highest BCUT2D eigenvalue weighted by molar-refractivity contribution is 5.30. The molecule has 0 unspecified atom stereocenters. The van der Waals surface area contributed by atoms with Crippen molar-refractivity contribution in [2.45, 2.75) is 57.9 Å². The summed E-state index contributed by atoms with van der Waals surface area (Å²) < 4.78 is 2.64. The van der Waals surface area contributed by atoms with Gasteiger partial charge in [-0.1, -0.05) is 6.42 Å². The van der Waals surface area contributed by atoms with Crippen LogP contribution in [0.25, 0.3) is 0 Å². The molecule has 0 N–H and O–H groups in total. The molecular weight excluding hydrogens is 170 g/mol. The van der Waals surface area contributed by atoms with Crippen LogP contribution in [0.15, 0.2) is 6.07 Å². The Morgan fingerprint density at radius 3 is 2.71 bits per heavy atom. The number of aromatic nitrogens is 1. The minimum Gasteiger partial charge on any atom is -0.348 e. The largest absolute Gasteiger partial charge is 0.348 e. The highest BCUT2D eigenvalue weighted by atomic mass is 15.0. The molecule has 1 aliphatic carbocycles. The van der Waals surface area contributed by atoms with Gasteiger partial charge in [0.2, 0.25) is 0 Å². The zero-order valence-electron chi connectivity index (χ0n) is 8.89. The van der Waals surface area contributed by atoms with E-state index in [1.807, 2.05) is 0 Å². The van der Waals surface area contributed by atoms with Crippen molar-refractivity contribution in [3.63, 3.8) is 0 Å². The number of rotatable bonds is 0. The summed E-state index contributed by atoms with van der Waals surface area (Å²) in [5, 5.41) is 0. The molecule has 0 amide bonds. The van der Waals surface area contributed by atoms with Gasteiger partial charge in [0.25, 0.3) is 0 Å². The van der Waals surface area contributed by atoms with Gasteiger partial charge in [0.15, 0.2) is 0 Å². The predicted octanol–water partition coefficient (Wildman–Crippen LogP) is 3.09. The van der Waals surface area contributed by atoms with Crippen LogP contribution in [0, 0.1) is 0 Å². The molecule has 1 aromatic heterocycles. The highest BCUT2D eigenvalue weighted by Gasteiger charge is 2.18. The molecule has 1 aromatic rings. The number of aryl methyl sites for hydroxylation is 2. The second-order valence-electron chi connectivity index (χ2n) is 4.78. The fourth-order valence-electron chi connectivity index (χ4n) is 3.07. The molecule has 0 bridgehead atoms. The predicted molar refractivity (Wildman–Crippen MR) is 58.6 cm³/mol. The van der Waals surface area contributed by atoms with E-state index in [1.165, 1.54) is 57.9 Å². The van der Waals surface area contributed by atoms with Crippen molar-refractivity contribution < 1.29 is 0 Å². The van der Waals surface area contributed by atoms with Gasteiger partial charge in [-0.15, -0.1) is 0 Å². The van der Waals surface area contributed by atoms with Crippen LogP contribution < -0.4 is 0 Å². The minimum atomic E-state index is 1.30. The van der Waals surface area contributed by atoms with Gasteiger partial charge in [0.1, 0.15) is 0 Å². The number of fused-ring (bicyclic) bond motifs is 3. The molecule has 0 spiro atoms. The first-order valence-electron chi connectivity index (χ1n) is 6.15. The summed E-state index contributed by atoms with van der Waals surface area (Å²) in [6.07, 6.45) is 11.1.